The van der Waals surface area contributed by atoms with E-state index in [9.17, 15) is 9.90 Å². The Labute approximate surface area is 104 Å². The van der Waals surface area contributed by atoms with E-state index in [4.69, 9.17) is 4.74 Å². The van der Waals surface area contributed by atoms with Gasteiger partial charge in [0.2, 0.25) is 0 Å². The zero-order valence-electron chi connectivity index (χ0n) is 11.4. The maximum atomic E-state index is 11.8. The maximum Gasteiger partial charge on any atom is 0.410 e. The van der Waals surface area contributed by atoms with Crippen LogP contribution in [0.5, 0.6) is 0 Å². The number of hydrogen-bond donors (Lipinski definition) is 1. The Morgan fingerprint density at radius 2 is 1.94 bits per heavy atom. The Kier molecular flexibility index (Phi) is 4.80. The maximum absolute atomic E-state index is 11.8. The van der Waals surface area contributed by atoms with Crippen molar-refractivity contribution in [2.45, 2.75) is 58.7 Å². The monoisotopic (exact) mass is 243 g/mol. The molecule has 0 spiro atoms. The third-order valence-corrected chi connectivity index (χ3v) is 2.94. The molecule has 0 saturated carbocycles. The molecule has 1 N–H and O–H groups in total. The van der Waals surface area contributed by atoms with E-state index >= 15 is 0 Å². The zero-order valence-corrected chi connectivity index (χ0v) is 11.4. The third-order valence-electron chi connectivity index (χ3n) is 2.94. The Morgan fingerprint density at radius 3 is 2.35 bits per heavy atom. The van der Waals surface area contributed by atoms with Crippen LogP contribution in [-0.4, -0.2) is 40.9 Å². The highest BCUT2D eigenvalue weighted by atomic mass is 16.6. The second kappa shape index (κ2) is 5.71. The first-order valence-electron chi connectivity index (χ1n) is 6.44. The molecular weight excluding hydrogens is 218 g/mol. The molecule has 0 aliphatic carbocycles. The number of rotatable bonds is 2. The summed E-state index contributed by atoms with van der Waals surface area (Å²) >= 11 is 0. The first-order chi connectivity index (χ1) is 7.78. The molecule has 1 heterocycles. The highest BCUT2D eigenvalue weighted by Gasteiger charge is 2.27. The van der Waals surface area contributed by atoms with Crippen molar-refractivity contribution >= 4 is 6.09 Å². The fraction of sp³-hybridized carbons (Fsp3) is 0.923. The Morgan fingerprint density at radius 1 is 1.41 bits per heavy atom. The molecule has 0 aromatic heterocycles. The molecule has 1 fully saturated rings. The van der Waals surface area contributed by atoms with Crippen LogP contribution < -0.4 is 0 Å². The second-order valence-corrected chi connectivity index (χ2v) is 6.00. The van der Waals surface area contributed by atoms with E-state index in [1.54, 1.807) is 4.90 Å². The van der Waals surface area contributed by atoms with E-state index in [0.717, 1.165) is 32.4 Å². The molecule has 1 rings (SSSR count). The van der Waals surface area contributed by atoms with Crippen LogP contribution in [0.2, 0.25) is 0 Å². The molecule has 1 amide bonds. The lowest BCUT2D eigenvalue weighted by atomic mass is 9.92. The predicted molar refractivity (Wildman–Crippen MR) is 66.8 cm³/mol. The summed E-state index contributed by atoms with van der Waals surface area (Å²) in [7, 11) is 0. The van der Waals surface area contributed by atoms with Gasteiger partial charge in [0, 0.05) is 13.1 Å². The lowest BCUT2D eigenvalue weighted by Gasteiger charge is -2.33. The number of nitrogens with zero attached hydrogens (tertiary/aromatic N) is 1. The number of piperidine rings is 1. The predicted octanol–water partition coefficient (Wildman–Crippen LogP) is 2.40. The second-order valence-electron chi connectivity index (χ2n) is 6.00. The lowest BCUT2D eigenvalue weighted by Crippen LogP contribution is -2.42. The number of ether oxygens (including phenoxy) is 1. The topological polar surface area (TPSA) is 49.8 Å². The van der Waals surface area contributed by atoms with Crippen LogP contribution in [0.15, 0.2) is 0 Å². The third kappa shape index (κ3) is 5.39. The number of aliphatic hydroxyl groups excluding tert-OH is 1. The Hall–Kier alpha value is -0.770. The van der Waals surface area contributed by atoms with Gasteiger partial charge in [0.05, 0.1) is 6.10 Å². The molecule has 1 aliphatic heterocycles. The van der Waals surface area contributed by atoms with E-state index in [1.165, 1.54) is 0 Å². The summed E-state index contributed by atoms with van der Waals surface area (Å²) in [4.78, 5) is 13.6. The molecule has 1 aliphatic rings. The van der Waals surface area contributed by atoms with Gasteiger partial charge in [-0.3, -0.25) is 0 Å². The number of hydrogen-bond acceptors (Lipinski definition) is 3. The van der Waals surface area contributed by atoms with Crippen LogP contribution in [-0.2, 0) is 4.74 Å². The van der Waals surface area contributed by atoms with Gasteiger partial charge in [0.25, 0.3) is 0 Å². The number of amides is 1. The standard InChI is InChI=1S/C13H25NO3/c1-10(15)9-11-5-7-14(8-6-11)12(16)17-13(2,3)4/h10-11,15H,5-9H2,1-4H3/t10-/m1/s1. The fourth-order valence-electron chi connectivity index (χ4n) is 2.16. The molecular formula is C13H25NO3. The van der Waals surface area contributed by atoms with Crippen molar-refractivity contribution < 1.29 is 14.6 Å². The van der Waals surface area contributed by atoms with Crippen LogP contribution in [0.3, 0.4) is 0 Å². The normalized spacial score (nSPS) is 20.2. The largest absolute Gasteiger partial charge is 0.444 e. The van der Waals surface area contributed by atoms with Crippen molar-refractivity contribution in [1.29, 1.82) is 0 Å². The van der Waals surface area contributed by atoms with E-state index in [1.807, 2.05) is 27.7 Å². The van der Waals surface area contributed by atoms with Crippen molar-refractivity contribution in [2.75, 3.05) is 13.1 Å². The molecule has 0 aromatic rings. The van der Waals surface area contributed by atoms with Gasteiger partial charge in [0.15, 0.2) is 0 Å². The van der Waals surface area contributed by atoms with Crippen molar-refractivity contribution in [2.24, 2.45) is 5.92 Å². The van der Waals surface area contributed by atoms with E-state index in [0.29, 0.717) is 5.92 Å². The summed E-state index contributed by atoms with van der Waals surface area (Å²) in [5.41, 5.74) is -0.423. The molecule has 0 aromatic carbocycles. The van der Waals surface area contributed by atoms with Gasteiger partial charge in [-0.15, -0.1) is 0 Å². The van der Waals surface area contributed by atoms with Gasteiger partial charge in [0.1, 0.15) is 5.60 Å². The minimum Gasteiger partial charge on any atom is -0.444 e. The minimum atomic E-state index is -0.423. The summed E-state index contributed by atoms with van der Waals surface area (Å²) in [6.07, 6.45) is 2.30. The quantitative estimate of drug-likeness (QED) is 0.810. The summed E-state index contributed by atoms with van der Waals surface area (Å²) in [5, 5.41) is 9.33. The van der Waals surface area contributed by atoms with E-state index < -0.39 is 5.60 Å². The highest BCUT2D eigenvalue weighted by molar-refractivity contribution is 5.68. The van der Waals surface area contributed by atoms with Crippen molar-refractivity contribution in [3.05, 3.63) is 0 Å². The van der Waals surface area contributed by atoms with Crippen molar-refractivity contribution in [1.82, 2.24) is 4.90 Å². The fourth-order valence-corrected chi connectivity index (χ4v) is 2.16. The summed E-state index contributed by atoms with van der Waals surface area (Å²) < 4.78 is 5.33. The van der Waals surface area contributed by atoms with E-state index in [2.05, 4.69) is 0 Å². The molecule has 1 saturated heterocycles. The molecule has 4 nitrogen and oxygen atoms in total. The lowest BCUT2D eigenvalue weighted by molar-refractivity contribution is 0.0165. The summed E-state index contributed by atoms with van der Waals surface area (Å²) in [6, 6.07) is 0. The van der Waals surface area contributed by atoms with Gasteiger partial charge in [-0.2, -0.15) is 0 Å². The molecule has 0 unspecified atom stereocenters. The molecule has 1 atom stereocenters. The van der Waals surface area contributed by atoms with Crippen molar-refractivity contribution in [3.8, 4) is 0 Å². The number of carbonyl (C=O) groups excluding carboxylic acids is 1. The van der Waals surface area contributed by atoms with Crippen LogP contribution in [0, 0.1) is 5.92 Å². The van der Waals surface area contributed by atoms with Gasteiger partial charge in [-0.25, -0.2) is 4.79 Å². The van der Waals surface area contributed by atoms with Crippen LogP contribution >= 0.6 is 0 Å². The zero-order chi connectivity index (χ0) is 13.1. The average molecular weight is 243 g/mol. The van der Waals surface area contributed by atoms with Crippen LogP contribution in [0.4, 0.5) is 4.79 Å². The van der Waals surface area contributed by atoms with Gasteiger partial charge in [-0.1, -0.05) is 0 Å². The molecule has 17 heavy (non-hydrogen) atoms. The summed E-state index contributed by atoms with van der Waals surface area (Å²) in [6.45, 7) is 8.94. The smallest absolute Gasteiger partial charge is 0.410 e. The summed E-state index contributed by atoms with van der Waals surface area (Å²) in [5.74, 6) is 0.536. The Balaban J connectivity index is 2.34. The molecule has 0 radical (unpaired) electrons. The first kappa shape index (κ1) is 14.3. The van der Waals surface area contributed by atoms with Gasteiger partial charge in [-0.05, 0) is 52.9 Å². The van der Waals surface area contributed by atoms with Crippen LogP contribution in [0.25, 0.3) is 0 Å². The number of likely N-dealkylation sites (tertiary alicyclic amines) is 1. The SMILES string of the molecule is C[C@@H](O)CC1CCN(C(=O)OC(C)(C)C)CC1. The number of carbonyl (C=O) groups is 1. The average Bonchev–Trinajstić information content (AvgIpc) is 2.15. The Bertz CT molecular complexity index is 250. The van der Waals surface area contributed by atoms with Crippen molar-refractivity contribution in [3.63, 3.8) is 0 Å². The van der Waals surface area contributed by atoms with E-state index in [-0.39, 0.29) is 12.2 Å². The molecule has 100 valence electrons. The van der Waals surface area contributed by atoms with Crippen LogP contribution in [0.1, 0.15) is 47.0 Å². The number of aliphatic hydroxyl groups is 1. The highest BCUT2D eigenvalue weighted by Crippen LogP contribution is 2.23. The van der Waals surface area contributed by atoms with Gasteiger partial charge >= 0.3 is 6.09 Å². The minimum absolute atomic E-state index is 0.215. The first-order valence-corrected chi connectivity index (χ1v) is 6.44. The van der Waals surface area contributed by atoms with Gasteiger partial charge < -0.3 is 14.7 Å². The molecule has 4 heteroatoms. The molecule has 0 bridgehead atoms.